The topological polar surface area (TPSA) is 51.7 Å². The van der Waals surface area contributed by atoms with Crippen LogP contribution in [0.15, 0.2) is 505 Å². The molecule has 0 saturated carbocycles. The first kappa shape index (κ1) is 90.3. The Kier molecular flexibility index (Phi) is 29.0. The molecule has 8 nitrogen and oxygen atoms in total. The molecular weight excluding hydrogens is 1840 g/mol. The predicted molar refractivity (Wildman–Crippen MR) is 578 cm³/mol. The van der Waals surface area contributed by atoms with Crippen molar-refractivity contribution in [3.8, 4) is 0 Å². The van der Waals surface area contributed by atoms with Gasteiger partial charge < -0.3 is 39.8 Å². The zero-order valence-corrected chi connectivity index (χ0v) is 78.2. The maximum Gasteiger partial charge on any atom is 0.252 e. The standard InChI is InChI=1S/C42H32FN3.C36H21B2FN2S.C24H18ClNS.C12H10FN.CH3BO.HI.H2S/c43-41-28-16-17-29-42(41)46(37-26-14-5-15-27-37)40-31-38(44(33-18-6-1-7-19-33)34-20-8-2-9-21-34)30-39(32-40)45(35-22-10-3-11-23-35)36-24-12-4-13-25-36;39-26-15-5-9-19-30(26)40-27-16-6-1-11-22(27)37-23-12-2-7-17-28(23)41-29-18-8-3-13-24(29)38-25-14-4-10-20-32(25)42-33-21-31(40)34(37)36(41)35(33)38;25-19-16-22(18-24(17-19)27-23-14-8-3-9-15-23)26(20-10-4-1-5-11-20)21-12-6-2-7-13-21;13-11-8-4-5-9-12(11)14-10-6-2-1-3-7-10;2-1-3;;/h1-32H;1-21H;1-18H;1-9,14H;3H,1H2;1H;1H2/i;;;;3D;;. The van der Waals surface area contributed by atoms with Gasteiger partial charge in [0.15, 0.2) is 0 Å². The van der Waals surface area contributed by atoms with Gasteiger partial charge in [-0.05, 0) is 240 Å². The lowest BCUT2D eigenvalue weighted by Crippen LogP contribution is -2.68. The summed E-state index contributed by atoms with van der Waals surface area (Å²) in [5.74, 6) is -0.765. The third kappa shape index (κ3) is 19.5. The van der Waals surface area contributed by atoms with E-state index >= 15 is 8.78 Å². The second kappa shape index (κ2) is 43.0. The van der Waals surface area contributed by atoms with Gasteiger partial charge in [-0.1, -0.05) is 314 Å². The molecule has 0 atom stereocenters. The van der Waals surface area contributed by atoms with E-state index in [-0.39, 0.29) is 74.9 Å². The molecule has 0 aromatic heterocycles. The van der Waals surface area contributed by atoms with Gasteiger partial charge in [0.1, 0.15) is 25.3 Å². The van der Waals surface area contributed by atoms with Crippen molar-refractivity contribution < 1.29 is 18.3 Å². The Balaban J connectivity index is 0.000000131. The lowest BCUT2D eigenvalue weighted by Gasteiger charge is -2.49. The Morgan fingerprint density at radius 2 is 0.664 bits per heavy atom. The minimum atomic E-state index is -0.302. The number of para-hydroxylation sites is 14. The van der Waals surface area contributed by atoms with E-state index in [1.54, 1.807) is 48.2 Å². The van der Waals surface area contributed by atoms with Crippen molar-refractivity contribution in [3.63, 3.8) is 0 Å². The first-order valence-corrected chi connectivity index (χ1v) is 45.6. The van der Waals surface area contributed by atoms with Gasteiger partial charge in [0, 0.05) is 111 Å². The lowest BCUT2D eigenvalue weighted by molar-refractivity contribution is 0.369. The Morgan fingerprint density at radius 1 is 0.321 bits per heavy atom. The van der Waals surface area contributed by atoms with Crippen LogP contribution >= 0.6 is 72.6 Å². The van der Waals surface area contributed by atoms with E-state index in [1.165, 1.54) is 76.7 Å². The maximum absolute atomic E-state index is 15.7. The summed E-state index contributed by atoms with van der Waals surface area (Å²) >= 11 is 10.0. The van der Waals surface area contributed by atoms with Crippen LogP contribution in [0.3, 0.4) is 0 Å². The van der Waals surface area contributed by atoms with Crippen molar-refractivity contribution in [2.45, 2.75) is 19.6 Å². The highest BCUT2D eigenvalue weighted by atomic mass is 127. The van der Waals surface area contributed by atoms with Gasteiger partial charge in [-0.3, -0.25) is 0 Å². The maximum atomic E-state index is 15.7. The first-order valence-electron chi connectivity index (χ1n) is 44.0. The highest BCUT2D eigenvalue weighted by Crippen LogP contribution is 2.51. The van der Waals surface area contributed by atoms with Crippen molar-refractivity contribution in [3.05, 3.63) is 508 Å². The Morgan fingerprint density at radius 3 is 1.10 bits per heavy atom. The van der Waals surface area contributed by atoms with Crippen LogP contribution in [0.2, 0.25) is 5.02 Å². The molecular formula is C115H87B3ClF3IN7OS3. The van der Waals surface area contributed by atoms with Crippen LogP contribution in [0.5, 0.6) is 0 Å². The lowest BCUT2D eigenvalue weighted by atomic mass is 9.29. The quantitative estimate of drug-likeness (QED) is 0.0642. The summed E-state index contributed by atoms with van der Waals surface area (Å²) < 4.78 is 50.5. The summed E-state index contributed by atoms with van der Waals surface area (Å²) in [7, 11) is 4.62. The number of nitrogens with zero attached hydrogens (tertiary/aromatic N) is 6. The van der Waals surface area contributed by atoms with E-state index in [2.05, 4.69) is 279 Å². The molecule has 4 aliphatic heterocycles. The Labute approximate surface area is 821 Å². The number of nitrogens with one attached hydrogen (secondary N) is 1. The van der Waals surface area contributed by atoms with Gasteiger partial charge in [-0.25, -0.2) is 13.2 Å². The van der Waals surface area contributed by atoms with Gasteiger partial charge in [0.2, 0.25) is 8.14 Å². The summed E-state index contributed by atoms with van der Waals surface area (Å²) in [6.45, 7) is 0.162. The number of anilines is 20. The van der Waals surface area contributed by atoms with Crippen molar-refractivity contribution in [2.75, 3.05) is 41.2 Å². The van der Waals surface area contributed by atoms with Gasteiger partial charge in [0.05, 0.1) is 34.1 Å². The molecule has 2 radical (unpaired) electrons. The summed E-state index contributed by atoms with van der Waals surface area (Å²) in [4.78, 5) is 18.2. The zero-order chi connectivity index (χ0) is 90.4. The highest BCUT2D eigenvalue weighted by Gasteiger charge is 2.50. The normalized spacial score (nSPS) is 11.6. The minimum Gasteiger partial charge on any atom is -0.406 e. The molecule has 0 spiro atoms. The largest absolute Gasteiger partial charge is 0.406 e. The fraction of sp³-hybridized carbons (Fsp3) is 0.00870. The first-order chi connectivity index (χ1) is 65.6. The smallest absolute Gasteiger partial charge is 0.252 e. The summed E-state index contributed by atoms with van der Waals surface area (Å²) in [6, 6.07) is 163. The van der Waals surface area contributed by atoms with Crippen molar-refractivity contribution in [1.29, 1.82) is 1.43 Å². The van der Waals surface area contributed by atoms with Crippen molar-refractivity contribution >= 4 is 240 Å². The molecule has 0 unspecified atom stereocenters. The molecule has 19 aromatic rings. The number of rotatable bonds is 18. The third-order valence-electron chi connectivity index (χ3n) is 23.2. The van der Waals surface area contributed by atoms with Crippen LogP contribution in [0.4, 0.5) is 127 Å². The second-order valence-electron chi connectivity index (χ2n) is 31.4. The van der Waals surface area contributed by atoms with E-state index in [0.717, 1.165) is 89.5 Å². The molecule has 4 heterocycles. The van der Waals surface area contributed by atoms with Crippen LogP contribution in [-0.2, 0) is 0 Å². The van der Waals surface area contributed by atoms with E-state index in [0.29, 0.717) is 17.1 Å². The van der Waals surface area contributed by atoms with Crippen LogP contribution in [0.1, 0.15) is 0 Å². The molecule has 0 fully saturated rings. The molecule has 134 heavy (non-hydrogen) atoms. The minimum absolute atomic E-state index is 0. The number of aliphatic hydroxyl groups excluding tert-OH is 1. The predicted octanol–water partition coefficient (Wildman–Crippen LogP) is 28.8. The number of halogens is 5. The number of aliphatic hydroxyl groups is 1. The molecule has 0 amide bonds. The second-order valence-corrected chi connectivity index (χ2v) is 34.1. The molecule has 650 valence electrons. The zero-order valence-electron chi connectivity index (χ0n) is 73.5. The molecule has 2 N–H and O–H groups in total. The van der Waals surface area contributed by atoms with E-state index in [1.807, 2.05) is 217 Å². The highest BCUT2D eigenvalue weighted by molar-refractivity contribution is 14.0. The third-order valence-corrected chi connectivity index (χ3v) is 25.6. The van der Waals surface area contributed by atoms with Gasteiger partial charge >= 0.3 is 0 Å². The van der Waals surface area contributed by atoms with Gasteiger partial charge in [-0.2, -0.15) is 13.5 Å². The van der Waals surface area contributed by atoms with Crippen LogP contribution in [0, 0.1) is 17.5 Å². The molecule has 19 aromatic carbocycles. The molecule has 19 heteroatoms. The van der Waals surface area contributed by atoms with Crippen LogP contribution in [0.25, 0.3) is 0 Å². The molecule has 0 saturated heterocycles. The molecule has 0 bridgehead atoms. The summed E-state index contributed by atoms with van der Waals surface area (Å²) in [5.41, 5.74) is 26.8. The fourth-order valence-electron chi connectivity index (χ4n) is 17.8. The van der Waals surface area contributed by atoms with E-state index in [9.17, 15) is 4.39 Å². The molecule has 23 rings (SSSR count). The van der Waals surface area contributed by atoms with Gasteiger partial charge in [-0.15, -0.1) is 24.0 Å². The number of hydrogen-bond acceptors (Lipinski definition) is 10. The van der Waals surface area contributed by atoms with Gasteiger partial charge in [0.25, 0.3) is 6.71 Å². The van der Waals surface area contributed by atoms with Crippen LogP contribution in [-0.4, -0.2) is 34.3 Å². The summed E-state index contributed by atoms with van der Waals surface area (Å²) in [5, 5.41) is 7.29. The van der Waals surface area contributed by atoms with E-state index in [4.69, 9.17) is 13.0 Å². The molecule has 0 aliphatic carbocycles. The van der Waals surface area contributed by atoms with Crippen molar-refractivity contribution in [2.24, 2.45) is 0 Å². The number of hydrogen-bond donors (Lipinski definition) is 2. The number of fused-ring (bicyclic) bond motifs is 10. The average molecular weight is 1930 g/mol. The monoisotopic (exact) mass is 1930 g/mol. The van der Waals surface area contributed by atoms with Crippen LogP contribution < -0.4 is 67.5 Å². The Hall–Kier alpha value is -14.2. The molecule has 4 aliphatic rings. The number of benzene rings is 19. The fourth-order valence-corrected chi connectivity index (χ4v) is 20.2. The average Bonchev–Trinajstić information content (AvgIpc) is 0.671. The van der Waals surface area contributed by atoms with E-state index < -0.39 is 0 Å². The SMILES string of the molecule is Clc1cc(Sc2ccccc2)cc(N(c2ccccc2)c2ccccc2)c1.Fc1ccccc1N(c1ccccc1)c1cc(N(c2ccccc2)c2ccccc2)cc(N(c2ccccc2)c2ccccc2)c1.Fc1ccccc1N1c2ccccc2B2c3ccccc3N3c4ccccc4B4c5ccccc5Sc5cc1c2c3c54.Fc1ccccc1Nc1ccccc1.I.S.[2H]OC[B]. The summed E-state index contributed by atoms with van der Waals surface area (Å²) in [6.07, 6.45) is 0. The Bertz CT molecular complexity index is 7000. The van der Waals surface area contributed by atoms with Crippen molar-refractivity contribution in [1.82, 2.24) is 0 Å².